The van der Waals surface area contributed by atoms with Crippen molar-refractivity contribution in [2.75, 3.05) is 55.5 Å². The second-order valence-electron chi connectivity index (χ2n) is 10.1. The van der Waals surface area contributed by atoms with Gasteiger partial charge in [0.05, 0.1) is 0 Å². The van der Waals surface area contributed by atoms with Crippen molar-refractivity contribution in [1.29, 1.82) is 0 Å². The SMILES string of the molecule is CCCCN(c1nc(N(C)C)nc(N(CC)CC)n1)C1CC(C)(C)N(C)C(C)(C)C1. The molecule has 7 heteroatoms. The van der Waals surface area contributed by atoms with Crippen LogP contribution in [-0.2, 0) is 0 Å². The summed E-state index contributed by atoms with van der Waals surface area (Å²) in [7, 11) is 6.27. The van der Waals surface area contributed by atoms with Gasteiger partial charge in [-0.25, -0.2) is 0 Å². The van der Waals surface area contributed by atoms with Crippen LogP contribution in [0.5, 0.6) is 0 Å². The fourth-order valence-corrected chi connectivity index (χ4v) is 4.63. The lowest BCUT2D eigenvalue weighted by atomic mass is 9.77. The van der Waals surface area contributed by atoms with E-state index in [-0.39, 0.29) is 11.1 Å². The molecule has 0 saturated carbocycles. The Labute approximate surface area is 184 Å². The number of unbranched alkanes of at least 4 members (excludes halogenated alkanes) is 1. The highest BCUT2D eigenvalue weighted by atomic mass is 15.4. The van der Waals surface area contributed by atoms with Crippen molar-refractivity contribution in [1.82, 2.24) is 19.9 Å². The summed E-state index contributed by atoms with van der Waals surface area (Å²) in [5, 5.41) is 0. The van der Waals surface area contributed by atoms with Crippen molar-refractivity contribution in [2.24, 2.45) is 0 Å². The van der Waals surface area contributed by atoms with Crippen LogP contribution in [0.25, 0.3) is 0 Å². The molecule has 0 aliphatic carbocycles. The second-order valence-corrected chi connectivity index (χ2v) is 10.1. The van der Waals surface area contributed by atoms with Gasteiger partial charge in [0.25, 0.3) is 0 Å². The van der Waals surface area contributed by atoms with Crippen LogP contribution in [0.2, 0.25) is 0 Å². The molecule has 172 valence electrons. The average molecular weight is 420 g/mol. The molecular weight excluding hydrogens is 374 g/mol. The summed E-state index contributed by atoms with van der Waals surface area (Å²) in [6, 6.07) is 0.403. The van der Waals surface area contributed by atoms with Gasteiger partial charge in [0, 0.05) is 50.8 Å². The highest BCUT2D eigenvalue weighted by molar-refractivity contribution is 5.46. The van der Waals surface area contributed by atoms with E-state index in [1.807, 2.05) is 19.0 Å². The summed E-state index contributed by atoms with van der Waals surface area (Å²) in [6.07, 6.45) is 4.49. The van der Waals surface area contributed by atoms with Gasteiger partial charge in [0.1, 0.15) is 0 Å². The van der Waals surface area contributed by atoms with E-state index in [1.165, 1.54) is 0 Å². The van der Waals surface area contributed by atoms with Crippen LogP contribution in [0.15, 0.2) is 0 Å². The zero-order chi connectivity index (χ0) is 22.7. The normalized spacial score (nSPS) is 19.0. The summed E-state index contributed by atoms with van der Waals surface area (Å²) in [5.74, 6) is 2.33. The lowest BCUT2D eigenvalue weighted by Gasteiger charge is -2.55. The van der Waals surface area contributed by atoms with Gasteiger partial charge in [-0.15, -0.1) is 0 Å². The molecule has 0 unspecified atom stereocenters. The Bertz CT molecular complexity index is 664. The van der Waals surface area contributed by atoms with Gasteiger partial charge in [-0.2, -0.15) is 15.0 Å². The van der Waals surface area contributed by atoms with Crippen LogP contribution in [0.3, 0.4) is 0 Å². The molecule has 1 fully saturated rings. The Balaban J connectivity index is 2.53. The van der Waals surface area contributed by atoms with Crippen molar-refractivity contribution in [3.63, 3.8) is 0 Å². The van der Waals surface area contributed by atoms with Gasteiger partial charge in [0.2, 0.25) is 17.8 Å². The predicted molar refractivity (Wildman–Crippen MR) is 129 cm³/mol. The molecule has 2 heterocycles. The topological polar surface area (TPSA) is 51.6 Å². The standard InChI is InChI=1S/C23H45N7/c1-11-14-15-30(18-16-22(4,5)28(10)23(6,7)17-18)21-25-19(27(8)9)24-20(26-21)29(12-2)13-3/h18H,11-17H2,1-10H3. The Morgan fingerprint density at radius 1 is 0.867 bits per heavy atom. The number of piperidine rings is 1. The highest BCUT2D eigenvalue weighted by Gasteiger charge is 2.45. The molecule has 0 atom stereocenters. The molecule has 1 aliphatic rings. The number of nitrogens with zero attached hydrogens (tertiary/aromatic N) is 7. The number of aromatic nitrogens is 3. The monoisotopic (exact) mass is 419 g/mol. The van der Waals surface area contributed by atoms with Gasteiger partial charge in [0.15, 0.2) is 0 Å². The van der Waals surface area contributed by atoms with E-state index in [9.17, 15) is 0 Å². The number of anilines is 3. The Morgan fingerprint density at radius 3 is 1.83 bits per heavy atom. The van der Waals surface area contributed by atoms with Crippen LogP contribution in [0.1, 0.15) is 74.1 Å². The molecular formula is C23H45N7. The molecule has 30 heavy (non-hydrogen) atoms. The first-order valence-electron chi connectivity index (χ1n) is 11.7. The number of rotatable bonds is 9. The molecule has 0 radical (unpaired) electrons. The summed E-state index contributed by atoms with van der Waals surface area (Å²) in [6.45, 7) is 18.7. The quantitative estimate of drug-likeness (QED) is 0.599. The van der Waals surface area contributed by atoms with Gasteiger partial charge >= 0.3 is 0 Å². The number of hydrogen-bond donors (Lipinski definition) is 0. The van der Waals surface area contributed by atoms with E-state index in [0.29, 0.717) is 6.04 Å². The number of likely N-dealkylation sites (tertiary alicyclic amines) is 1. The maximum atomic E-state index is 4.99. The fraction of sp³-hybridized carbons (Fsp3) is 0.870. The first-order valence-corrected chi connectivity index (χ1v) is 11.7. The largest absolute Gasteiger partial charge is 0.347 e. The van der Waals surface area contributed by atoms with Crippen molar-refractivity contribution in [2.45, 2.75) is 91.3 Å². The van der Waals surface area contributed by atoms with E-state index < -0.39 is 0 Å². The van der Waals surface area contributed by atoms with Crippen molar-refractivity contribution < 1.29 is 0 Å². The Hall–Kier alpha value is -1.63. The van der Waals surface area contributed by atoms with E-state index >= 15 is 0 Å². The molecule has 0 bridgehead atoms. The van der Waals surface area contributed by atoms with Crippen LogP contribution < -0.4 is 14.7 Å². The first-order chi connectivity index (χ1) is 14.0. The van der Waals surface area contributed by atoms with Crippen LogP contribution in [0, 0.1) is 0 Å². The third kappa shape index (κ3) is 5.34. The molecule has 1 saturated heterocycles. The summed E-state index contributed by atoms with van der Waals surface area (Å²) < 4.78 is 0. The lowest BCUT2D eigenvalue weighted by molar-refractivity contribution is -0.0129. The maximum Gasteiger partial charge on any atom is 0.232 e. The average Bonchev–Trinajstić information content (AvgIpc) is 2.67. The minimum atomic E-state index is 0.121. The van der Waals surface area contributed by atoms with Crippen molar-refractivity contribution in [3.8, 4) is 0 Å². The Morgan fingerprint density at radius 2 is 1.37 bits per heavy atom. The second kappa shape index (κ2) is 9.67. The van der Waals surface area contributed by atoms with Gasteiger partial charge in [-0.3, -0.25) is 4.90 Å². The molecule has 7 nitrogen and oxygen atoms in total. The van der Waals surface area contributed by atoms with E-state index in [0.717, 1.165) is 63.2 Å². The predicted octanol–water partition coefficient (Wildman–Crippen LogP) is 4.04. The van der Waals surface area contributed by atoms with Crippen LogP contribution >= 0.6 is 0 Å². The third-order valence-electron chi connectivity index (χ3n) is 6.78. The number of hydrogen-bond acceptors (Lipinski definition) is 7. The minimum absolute atomic E-state index is 0.121. The smallest absolute Gasteiger partial charge is 0.232 e. The van der Waals surface area contributed by atoms with Gasteiger partial charge < -0.3 is 14.7 Å². The fourth-order valence-electron chi connectivity index (χ4n) is 4.63. The molecule has 0 N–H and O–H groups in total. The third-order valence-corrected chi connectivity index (χ3v) is 6.78. The van der Waals surface area contributed by atoms with E-state index in [1.54, 1.807) is 0 Å². The lowest BCUT2D eigenvalue weighted by Crippen LogP contribution is -2.63. The molecule has 0 aromatic carbocycles. The van der Waals surface area contributed by atoms with Crippen LogP contribution in [0.4, 0.5) is 17.8 Å². The molecule has 1 aromatic heterocycles. The highest BCUT2D eigenvalue weighted by Crippen LogP contribution is 2.40. The molecule has 1 aromatic rings. The summed E-state index contributed by atoms with van der Waals surface area (Å²) in [4.78, 5) is 23.9. The zero-order valence-corrected chi connectivity index (χ0v) is 21.2. The molecule has 0 spiro atoms. The van der Waals surface area contributed by atoms with Gasteiger partial charge in [-0.05, 0) is 67.9 Å². The molecule has 1 aliphatic heterocycles. The summed E-state index contributed by atoms with van der Waals surface area (Å²) in [5.41, 5.74) is 0.242. The van der Waals surface area contributed by atoms with Gasteiger partial charge in [-0.1, -0.05) is 13.3 Å². The summed E-state index contributed by atoms with van der Waals surface area (Å²) >= 11 is 0. The van der Waals surface area contributed by atoms with Crippen molar-refractivity contribution in [3.05, 3.63) is 0 Å². The van der Waals surface area contributed by atoms with Crippen molar-refractivity contribution >= 4 is 17.8 Å². The Kier molecular flexibility index (Phi) is 7.94. The first kappa shape index (κ1) is 24.6. The molecule has 0 amide bonds. The molecule has 2 rings (SSSR count). The zero-order valence-electron chi connectivity index (χ0n) is 21.2. The van der Waals surface area contributed by atoms with E-state index in [2.05, 4.69) is 70.2 Å². The minimum Gasteiger partial charge on any atom is -0.347 e. The van der Waals surface area contributed by atoms with Crippen LogP contribution in [-0.4, -0.2) is 77.7 Å². The maximum absolute atomic E-state index is 4.99. The van der Waals surface area contributed by atoms with E-state index in [4.69, 9.17) is 15.0 Å².